The van der Waals surface area contributed by atoms with Gasteiger partial charge in [-0.05, 0) is 12.5 Å². The van der Waals surface area contributed by atoms with E-state index in [1.54, 1.807) is 4.90 Å². The van der Waals surface area contributed by atoms with Crippen LogP contribution in [0, 0.1) is 5.92 Å². The Morgan fingerprint density at radius 3 is 2.67 bits per heavy atom. The van der Waals surface area contributed by atoms with Crippen LogP contribution in [0.15, 0.2) is 30.3 Å². The van der Waals surface area contributed by atoms with Gasteiger partial charge in [0.2, 0.25) is 5.91 Å². The summed E-state index contributed by atoms with van der Waals surface area (Å²) >= 11 is 0. The minimum absolute atomic E-state index is 0.00615. The third kappa shape index (κ3) is 2.37. The summed E-state index contributed by atoms with van der Waals surface area (Å²) in [6, 6.07) is 9.81. The van der Waals surface area contributed by atoms with Crippen molar-refractivity contribution in [1.82, 2.24) is 4.90 Å². The van der Waals surface area contributed by atoms with Gasteiger partial charge in [0.25, 0.3) is 0 Å². The van der Waals surface area contributed by atoms with Gasteiger partial charge in [0.15, 0.2) is 0 Å². The number of carbonyl (C=O) groups is 2. The van der Waals surface area contributed by atoms with Crippen LogP contribution in [0.3, 0.4) is 0 Å². The highest BCUT2D eigenvalue weighted by molar-refractivity contribution is 5.87. The van der Waals surface area contributed by atoms with Crippen LogP contribution in [0.25, 0.3) is 0 Å². The Hall–Kier alpha value is -1.84. The van der Waals surface area contributed by atoms with Crippen LogP contribution in [0.2, 0.25) is 0 Å². The van der Waals surface area contributed by atoms with Crippen LogP contribution in [-0.4, -0.2) is 30.4 Å². The third-order valence-electron chi connectivity index (χ3n) is 3.44. The Kier molecular flexibility index (Phi) is 3.65. The van der Waals surface area contributed by atoms with Crippen LogP contribution >= 0.6 is 0 Å². The second-order valence-electron chi connectivity index (χ2n) is 4.56. The number of benzene rings is 1. The molecule has 0 aromatic heterocycles. The molecule has 0 N–H and O–H groups in total. The molecule has 0 saturated carbocycles. The summed E-state index contributed by atoms with van der Waals surface area (Å²) in [4.78, 5) is 25.1. The molecule has 96 valence electrons. The molecule has 1 aromatic rings. The number of hydrogen-bond acceptors (Lipinski definition) is 3. The smallest absolute Gasteiger partial charge is 0.310 e. The molecule has 2 rings (SSSR count). The number of amides is 1. The normalized spacial score (nSPS) is 20.9. The molecular formula is C14H17NO3. The zero-order valence-electron chi connectivity index (χ0n) is 10.6. The van der Waals surface area contributed by atoms with Gasteiger partial charge in [-0.15, -0.1) is 0 Å². The molecule has 1 amide bonds. The van der Waals surface area contributed by atoms with E-state index in [0.29, 0.717) is 6.54 Å². The van der Waals surface area contributed by atoms with Crippen molar-refractivity contribution in [1.29, 1.82) is 0 Å². The van der Waals surface area contributed by atoms with Crippen LogP contribution in [0.4, 0.5) is 0 Å². The average Bonchev–Trinajstić information content (AvgIpc) is 2.80. The minimum atomic E-state index is -0.325. The first-order valence-corrected chi connectivity index (χ1v) is 6.05. The summed E-state index contributed by atoms with van der Waals surface area (Å²) in [5, 5.41) is 0. The first kappa shape index (κ1) is 12.6. The Morgan fingerprint density at radius 2 is 2.06 bits per heavy atom. The number of nitrogens with zero attached hydrogens (tertiary/aromatic N) is 1. The zero-order valence-corrected chi connectivity index (χ0v) is 10.6. The van der Waals surface area contributed by atoms with Crippen LogP contribution in [0.1, 0.15) is 24.9 Å². The third-order valence-corrected chi connectivity index (χ3v) is 3.44. The largest absolute Gasteiger partial charge is 0.469 e. The number of esters is 1. The maximum atomic E-state index is 11.9. The van der Waals surface area contributed by atoms with Gasteiger partial charge in [-0.25, -0.2) is 0 Å². The van der Waals surface area contributed by atoms with Crippen LogP contribution in [-0.2, 0) is 14.3 Å². The molecule has 0 radical (unpaired) electrons. The fourth-order valence-corrected chi connectivity index (χ4v) is 2.34. The van der Waals surface area contributed by atoms with E-state index in [4.69, 9.17) is 4.74 Å². The van der Waals surface area contributed by atoms with E-state index < -0.39 is 0 Å². The van der Waals surface area contributed by atoms with Crippen molar-refractivity contribution in [3.8, 4) is 0 Å². The highest BCUT2D eigenvalue weighted by Crippen LogP contribution is 2.28. The molecule has 0 spiro atoms. The fourth-order valence-electron chi connectivity index (χ4n) is 2.34. The van der Waals surface area contributed by atoms with Gasteiger partial charge >= 0.3 is 5.97 Å². The maximum absolute atomic E-state index is 11.9. The number of carbonyl (C=O) groups excluding carboxylic acids is 2. The summed E-state index contributed by atoms with van der Waals surface area (Å²) < 4.78 is 4.70. The van der Waals surface area contributed by atoms with Gasteiger partial charge in [0.1, 0.15) is 0 Å². The summed E-state index contributed by atoms with van der Waals surface area (Å²) in [7, 11) is 1.36. The van der Waals surface area contributed by atoms with Crippen molar-refractivity contribution in [2.24, 2.45) is 5.92 Å². The summed E-state index contributed by atoms with van der Waals surface area (Å²) in [6.45, 7) is 2.43. The van der Waals surface area contributed by atoms with Gasteiger partial charge in [-0.3, -0.25) is 9.59 Å². The first-order valence-electron chi connectivity index (χ1n) is 6.05. The number of ether oxygens (including phenoxy) is 1. The average molecular weight is 247 g/mol. The highest BCUT2D eigenvalue weighted by Gasteiger charge is 2.37. The standard InChI is InChI=1S/C14H17NO3/c1-10(11-6-4-3-5-7-11)15-9-12(8-13(15)16)14(17)18-2/h3-7,10,12H,8-9H2,1-2H3/t10-,12?/m0/s1. The summed E-state index contributed by atoms with van der Waals surface area (Å²) in [5.74, 6) is -0.610. The van der Waals surface area contributed by atoms with Gasteiger partial charge in [0, 0.05) is 13.0 Å². The molecular weight excluding hydrogens is 230 g/mol. The van der Waals surface area contributed by atoms with Crippen molar-refractivity contribution < 1.29 is 14.3 Å². The second kappa shape index (κ2) is 5.21. The molecule has 1 heterocycles. The number of hydrogen-bond donors (Lipinski definition) is 0. The lowest BCUT2D eigenvalue weighted by Gasteiger charge is -2.25. The van der Waals surface area contributed by atoms with Gasteiger partial charge < -0.3 is 9.64 Å². The van der Waals surface area contributed by atoms with E-state index in [-0.39, 0.29) is 30.3 Å². The molecule has 1 aromatic carbocycles. The predicted octanol–water partition coefficient (Wildman–Crippen LogP) is 1.77. The van der Waals surface area contributed by atoms with E-state index >= 15 is 0 Å². The molecule has 1 aliphatic heterocycles. The molecule has 1 aliphatic rings. The number of rotatable bonds is 3. The minimum Gasteiger partial charge on any atom is -0.469 e. The number of methoxy groups -OCH3 is 1. The second-order valence-corrected chi connectivity index (χ2v) is 4.56. The Morgan fingerprint density at radius 1 is 1.39 bits per heavy atom. The van der Waals surface area contributed by atoms with E-state index in [1.165, 1.54) is 7.11 Å². The summed E-state index contributed by atoms with van der Waals surface area (Å²) in [6.07, 6.45) is 0.254. The van der Waals surface area contributed by atoms with E-state index in [2.05, 4.69) is 0 Å². The quantitative estimate of drug-likeness (QED) is 0.765. The van der Waals surface area contributed by atoms with Crippen molar-refractivity contribution in [2.75, 3.05) is 13.7 Å². The monoisotopic (exact) mass is 247 g/mol. The lowest BCUT2D eigenvalue weighted by molar-refractivity contribution is -0.145. The van der Waals surface area contributed by atoms with Gasteiger partial charge in [-0.2, -0.15) is 0 Å². The lowest BCUT2D eigenvalue weighted by atomic mass is 10.1. The zero-order chi connectivity index (χ0) is 13.1. The maximum Gasteiger partial charge on any atom is 0.310 e. The molecule has 4 heteroatoms. The molecule has 1 saturated heterocycles. The molecule has 1 fully saturated rings. The Labute approximate surface area is 107 Å². The fraction of sp³-hybridized carbons (Fsp3) is 0.429. The molecule has 0 bridgehead atoms. The Balaban J connectivity index is 2.10. The van der Waals surface area contributed by atoms with Crippen molar-refractivity contribution >= 4 is 11.9 Å². The topological polar surface area (TPSA) is 46.6 Å². The Bertz CT molecular complexity index is 444. The summed E-state index contributed by atoms with van der Waals surface area (Å²) in [5.41, 5.74) is 1.08. The molecule has 4 nitrogen and oxygen atoms in total. The van der Waals surface area contributed by atoms with Crippen LogP contribution in [0.5, 0.6) is 0 Å². The predicted molar refractivity (Wildman–Crippen MR) is 66.7 cm³/mol. The molecule has 18 heavy (non-hydrogen) atoms. The van der Waals surface area contributed by atoms with E-state index in [1.807, 2.05) is 37.3 Å². The van der Waals surface area contributed by atoms with Crippen molar-refractivity contribution in [2.45, 2.75) is 19.4 Å². The number of likely N-dealkylation sites (tertiary alicyclic amines) is 1. The molecule has 2 atom stereocenters. The van der Waals surface area contributed by atoms with Crippen molar-refractivity contribution in [3.05, 3.63) is 35.9 Å². The van der Waals surface area contributed by atoms with E-state index in [0.717, 1.165) is 5.56 Å². The van der Waals surface area contributed by atoms with Crippen molar-refractivity contribution in [3.63, 3.8) is 0 Å². The highest BCUT2D eigenvalue weighted by atomic mass is 16.5. The van der Waals surface area contributed by atoms with E-state index in [9.17, 15) is 9.59 Å². The lowest BCUT2D eigenvalue weighted by Crippen LogP contribution is -2.29. The first-order chi connectivity index (χ1) is 8.63. The SMILES string of the molecule is COC(=O)C1CC(=O)N([C@@H](C)c2ccccc2)C1. The molecule has 1 unspecified atom stereocenters. The van der Waals surface area contributed by atoms with Gasteiger partial charge in [-0.1, -0.05) is 30.3 Å². The van der Waals surface area contributed by atoms with Crippen LogP contribution < -0.4 is 0 Å². The van der Waals surface area contributed by atoms with Gasteiger partial charge in [0.05, 0.1) is 19.1 Å². The molecule has 0 aliphatic carbocycles.